The fourth-order valence-electron chi connectivity index (χ4n) is 2.67. The number of aromatic nitrogens is 4. The first-order valence-corrected chi connectivity index (χ1v) is 8.82. The molecule has 2 heterocycles. The second-order valence-corrected chi connectivity index (χ2v) is 5.92. The van der Waals surface area contributed by atoms with Crippen molar-refractivity contribution < 1.29 is 9.26 Å². The van der Waals surface area contributed by atoms with Gasteiger partial charge in [-0.3, -0.25) is 0 Å². The van der Waals surface area contributed by atoms with Gasteiger partial charge in [0.2, 0.25) is 5.82 Å². The topological polar surface area (TPSA) is 77.2 Å². The summed E-state index contributed by atoms with van der Waals surface area (Å²) < 4.78 is 10.5. The molecule has 0 bridgehead atoms. The van der Waals surface area contributed by atoms with Gasteiger partial charge in [-0.05, 0) is 49.2 Å². The first kappa shape index (κ1) is 17.8. The highest BCUT2D eigenvalue weighted by molar-refractivity contribution is 5.59. The van der Waals surface area contributed by atoms with Crippen molar-refractivity contribution in [2.45, 2.75) is 26.7 Å². The zero-order valence-corrected chi connectivity index (χ0v) is 15.3. The summed E-state index contributed by atoms with van der Waals surface area (Å²) in [5.41, 5.74) is 1.41. The average molecular weight is 353 g/mol. The molecule has 7 nitrogen and oxygen atoms in total. The highest BCUT2D eigenvalue weighted by Crippen LogP contribution is 2.23. The van der Waals surface area contributed by atoms with Crippen molar-refractivity contribution >= 4 is 5.82 Å². The normalized spacial score (nSPS) is 10.7. The molecule has 0 radical (unpaired) electrons. The number of nitrogens with zero attached hydrogens (tertiary/aromatic N) is 5. The van der Waals surface area contributed by atoms with Crippen LogP contribution in [0.4, 0.5) is 5.82 Å². The Hall–Kier alpha value is -2.96. The molecule has 0 spiro atoms. The van der Waals surface area contributed by atoms with E-state index in [1.165, 1.54) is 0 Å². The highest BCUT2D eigenvalue weighted by atomic mass is 16.5. The van der Waals surface area contributed by atoms with Crippen LogP contribution < -0.4 is 9.64 Å². The van der Waals surface area contributed by atoms with Crippen molar-refractivity contribution in [1.29, 1.82) is 0 Å². The molecule has 0 aliphatic rings. The third-order valence-electron chi connectivity index (χ3n) is 3.95. The van der Waals surface area contributed by atoms with Crippen molar-refractivity contribution in [3.63, 3.8) is 0 Å². The molecule has 3 rings (SSSR count). The van der Waals surface area contributed by atoms with Crippen LogP contribution in [0, 0.1) is 0 Å². The molecule has 1 aromatic carbocycles. The predicted octanol–water partition coefficient (Wildman–Crippen LogP) is 3.83. The summed E-state index contributed by atoms with van der Waals surface area (Å²) in [5, 5.41) is 12.6. The minimum Gasteiger partial charge on any atom is -0.497 e. The summed E-state index contributed by atoms with van der Waals surface area (Å²) >= 11 is 0. The summed E-state index contributed by atoms with van der Waals surface area (Å²) in [6, 6.07) is 11.3. The second-order valence-electron chi connectivity index (χ2n) is 5.92. The third kappa shape index (κ3) is 3.99. The number of rotatable bonds is 8. The summed E-state index contributed by atoms with van der Waals surface area (Å²) in [7, 11) is 1.63. The van der Waals surface area contributed by atoms with E-state index < -0.39 is 0 Å². The average Bonchev–Trinajstić information content (AvgIpc) is 3.18. The van der Waals surface area contributed by atoms with E-state index in [1.54, 1.807) is 7.11 Å². The standard InChI is InChI=1S/C19H23N5O2/c1-4-12-24(13-5-2)17-11-10-16(21-22-17)19-20-18(23-26-19)14-6-8-15(25-3)9-7-14/h6-11H,4-5,12-13H2,1-3H3. The van der Waals surface area contributed by atoms with Crippen LogP contribution in [0.2, 0.25) is 0 Å². The first-order chi connectivity index (χ1) is 12.7. The zero-order valence-electron chi connectivity index (χ0n) is 15.3. The Morgan fingerprint density at radius 1 is 0.962 bits per heavy atom. The summed E-state index contributed by atoms with van der Waals surface area (Å²) in [4.78, 5) is 6.65. The molecular weight excluding hydrogens is 330 g/mol. The number of methoxy groups -OCH3 is 1. The molecule has 2 aromatic heterocycles. The molecule has 136 valence electrons. The van der Waals surface area contributed by atoms with Gasteiger partial charge in [0.1, 0.15) is 5.75 Å². The Balaban J connectivity index is 1.78. The molecule has 3 aromatic rings. The SMILES string of the molecule is CCCN(CCC)c1ccc(-c2nc(-c3ccc(OC)cc3)no2)nn1. The van der Waals surface area contributed by atoms with Crippen LogP contribution in [0.1, 0.15) is 26.7 Å². The lowest BCUT2D eigenvalue weighted by Gasteiger charge is -2.21. The Labute approximate surface area is 153 Å². The number of ether oxygens (including phenoxy) is 1. The van der Waals surface area contributed by atoms with Gasteiger partial charge in [-0.15, -0.1) is 10.2 Å². The van der Waals surface area contributed by atoms with Crippen LogP contribution in [-0.4, -0.2) is 40.5 Å². The van der Waals surface area contributed by atoms with Gasteiger partial charge in [0, 0.05) is 18.7 Å². The number of hydrogen-bond donors (Lipinski definition) is 0. The Kier molecular flexibility index (Phi) is 5.78. The highest BCUT2D eigenvalue weighted by Gasteiger charge is 2.14. The minimum atomic E-state index is 0.354. The van der Waals surface area contributed by atoms with Gasteiger partial charge in [0.05, 0.1) is 7.11 Å². The first-order valence-electron chi connectivity index (χ1n) is 8.82. The molecular formula is C19H23N5O2. The quantitative estimate of drug-likeness (QED) is 0.609. The van der Waals surface area contributed by atoms with Crippen LogP contribution in [0.5, 0.6) is 5.75 Å². The largest absolute Gasteiger partial charge is 0.497 e. The van der Waals surface area contributed by atoms with Gasteiger partial charge in [-0.2, -0.15) is 4.98 Å². The van der Waals surface area contributed by atoms with Crippen LogP contribution in [0.3, 0.4) is 0 Å². The Bertz CT molecular complexity index is 809. The molecule has 0 N–H and O–H groups in total. The van der Waals surface area contributed by atoms with E-state index in [2.05, 4.69) is 39.1 Å². The van der Waals surface area contributed by atoms with Crippen LogP contribution in [0.15, 0.2) is 40.9 Å². The Morgan fingerprint density at radius 3 is 2.27 bits per heavy atom. The predicted molar refractivity (Wildman–Crippen MR) is 100 cm³/mol. The Morgan fingerprint density at radius 2 is 1.69 bits per heavy atom. The van der Waals surface area contributed by atoms with Gasteiger partial charge < -0.3 is 14.2 Å². The van der Waals surface area contributed by atoms with E-state index in [0.717, 1.165) is 43.1 Å². The maximum Gasteiger partial charge on any atom is 0.278 e. The fourth-order valence-corrected chi connectivity index (χ4v) is 2.67. The van der Waals surface area contributed by atoms with Gasteiger partial charge in [-0.1, -0.05) is 19.0 Å². The number of anilines is 1. The molecule has 7 heteroatoms. The minimum absolute atomic E-state index is 0.354. The summed E-state index contributed by atoms with van der Waals surface area (Å²) in [6.45, 7) is 6.24. The van der Waals surface area contributed by atoms with Gasteiger partial charge >= 0.3 is 0 Å². The zero-order chi connectivity index (χ0) is 18.4. The third-order valence-corrected chi connectivity index (χ3v) is 3.95. The molecule has 0 amide bonds. The van der Waals surface area contributed by atoms with Crippen LogP contribution in [-0.2, 0) is 0 Å². The maximum absolute atomic E-state index is 5.35. The monoisotopic (exact) mass is 353 g/mol. The van der Waals surface area contributed by atoms with Crippen molar-refractivity contribution in [3.8, 4) is 28.7 Å². The lowest BCUT2D eigenvalue weighted by atomic mass is 10.2. The molecule has 0 unspecified atom stereocenters. The molecule has 0 saturated heterocycles. The molecule has 0 saturated carbocycles. The van der Waals surface area contributed by atoms with Gasteiger partial charge in [-0.25, -0.2) is 0 Å². The van der Waals surface area contributed by atoms with E-state index in [4.69, 9.17) is 9.26 Å². The lowest BCUT2D eigenvalue weighted by Crippen LogP contribution is -2.26. The van der Waals surface area contributed by atoms with Crippen LogP contribution in [0.25, 0.3) is 23.0 Å². The maximum atomic E-state index is 5.35. The summed E-state index contributed by atoms with van der Waals surface area (Å²) in [5.74, 6) is 2.51. The molecule has 26 heavy (non-hydrogen) atoms. The summed E-state index contributed by atoms with van der Waals surface area (Å²) in [6.07, 6.45) is 2.14. The molecule has 0 aliphatic carbocycles. The van der Waals surface area contributed by atoms with Gasteiger partial charge in [0.15, 0.2) is 11.5 Å². The second kappa shape index (κ2) is 8.42. The smallest absolute Gasteiger partial charge is 0.278 e. The van der Waals surface area contributed by atoms with E-state index in [9.17, 15) is 0 Å². The molecule has 0 aliphatic heterocycles. The van der Waals surface area contributed by atoms with E-state index in [0.29, 0.717) is 17.4 Å². The van der Waals surface area contributed by atoms with Crippen molar-refractivity contribution in [3.05, 3.63) is 36.4 Å². The number of benzene rings is 1. The molecule has 0 fully saturated rings. The van der Waals surface area contributed by atoms with E-state index >= 15 is 0 Å². The fraction of sp³-hybridized carbons (Fsp3) is 0.368. The number of hydrogen-bond acceptors (Lipinski definition) is 7. The van der Waals surface area contributed by atoms with E-state index in [-0.39, 0.29) is 0 Å². The molecule has 0 atom stereocenters. The van der Waals surface area contributed by atoms with E-state index in [1.807, 2.05) is 36.4 Å². The van der Waals surface area contributed by atoms with Crippen LogP contribution >= 0.6 is 0 Å². The van der Waals surface area contributed by atoms with Crippen molar-refractivity contribution in [2.75, 3.05) is 25.1 Å². The van der Waals surface area contributed by atoms with Crippen molar-refractivity contribution in [1.82, 2.24) is 20.3 Å². The van der Waals surface area contributed by atoms with Crippen molar-refractivity contribution in [2.24, 2.45) is 0 Å². The van der Waals surface area contributed by atoms with Gasteiger partial charge in [0.25, 0.3) is 5.89 Å². The lowest BCUT2D eigenvalue weighted by molar-refractivity contribution is 0.414.